The van der Waals surface area contributed by atoms with Gasteiger partial charge in [0.05, 0.1) is 11.5 Å². The van der Waals surface area contributed by atoms with E-state index in [2.05, 4.69) is 42.8 Å². The van der Waals surface area contributed by atoms with Gasteiger partial charge in [-0.2, -0.15) is 0 Å². The van der Waals surface area contributed by atoms with Crippen LogP contribution in [0, 0.1) is 0 Å². The summed E-state index contributed by atoms with van der Waals surface area (Å²) in [5, 5.41) is 10.7. The topological polar surface area (TPSA) is 56.9 Å². The van der Waals surface area contributed by atoms with E-state index in [0.29, 0.717) is 6.54 Å². The number of aromatic nitrogens is 1. The molecule has 1 N–H and O–H groups in total. The molecule has 7 heteroatoms. The molecule has 2 aromatic heterocycles. The molecule has 21 heavy (non-hydrogen) atoms. The minimum absolute atomic E-state index is 0.633. The molecule has 3 rings (SSSR count). The average Bonchev–Trinajstić information content (AvgIpc) is 3.22. The molecule has 112 valence electrons. The first-order valence-corrected chi connectivity index (χ1v) is 7.88. The lowest BCUT2D eigenvalue weighted by Crippen LogP contribution is -2.52. The molecule has 0 aliphatic carbocycles. The summed E-state index contributed by atoms with van der Waals surface area (Å²) in [6.45, 7) is 4.61. The number of thiophene rings is 1. The number of nitrogens with one attached hydrogen (secondary N) is 1. The molecule has 0 spiro atoms. The second-order valence-corrected chi connectivity index (χ2v) is 5.74. The van der Waals surface area contributed by atoms with Crippen molar-refractivity contribution >= 4 is 22.3 Å². The van der Waals surface area contributed by atoms with Gasteiger partial charge in [-0.15, -0.1) is 11.3 Å². The summed E-state index contributed by atoms with van der Waals surface area (Å²) in [7, 11) is 1.82. The van der Waals surface area contributed by atoms with Crippen LogP contribution in [0.3, 0.4) is 0 Å². The molecule has 1 aliphatic heterocycles. The van der Waals surface area contributed by atoms with Crippen molar-refractivity contribution in [3.05, 3.63) is 35.5 Å². The lowest BCUT2D eigenvalue weighted by Gasteiger charge is -2.36. The first-order valence-electron chi connectivity index (χ1n) is 7.00. The Labute approximate surface area is 128 Å². The third-order valence-electron chi connectivity index (χ3n) is 3.53. The van der Waals surface area contributed by atoms with Gasteiger partial charge in [0.2, 0.25) is 0 Å². The molecule has 3 heterocycles. The van der Waals surface area contributed by atoms with Crippen LogP contribution in [0.1, 0.15) is 5.69 Å². The SMILES string of the molecule is CN=C(NCc1ccon1)N1CCN(c2cccs2)CC1. The summed E-state index contributed by atoms with van der Waals surface area (Å²) < 4.78 is 4.83. The molecule has 0 aromatic carbocycles. The Morgan fingerprint density at radius 3 is 2.86 bits per heavy atom. The van der Waals surface area contributed by atoms with Crippen LogP contribution < -0.4 is 10.2 Å². The maximum absolute atomic E-state index is 4.83. The number of hydrogen-bond donors (Lipinski definition) is 1. The molecule has 0 saturated carbocycles. The van der Waals surface area contributed by atoms with E-state index in [1.165, 1.54) is 5.00 Å². The lowest BCUT2D eigenvalue weighted by molar-refractivity contribution is 0.371. The summed E-state index contributed by atoms with van der Waals surface area (Å²) in [4.78, 5) is 9.06. The van der Waals surface area contributed by atoms with Gasteiger partial charge >= 0.3 is 0 Å². The van der Waals surface area contributed by atoms with Gasteiger partial charge in [0.15, 0.2) is 5.96 Å². The van der Waals surface area contributed by atoms with E-state index >= 15 is 0 Å². The largest absolute Gasteiger partial charge is 0.364 e. The van der Waals surface area contributed by atoms with Crippen molar-refractivity contribution in [1.82, 2.24) is 15.4 Å². The summed E-state index contributed by atoms with van der Waals surface area (Å²) in [5.41, 5.74) is 0.883. The zero-order valence-electron chi connectivity index (χ0n) is 12.0. The highest BCUT2D eigenvalue weighted by molar-refractivity contribution is 7.14. The van der Waals surface area contributed by atoms with Gasteiger partial charge in [0, 0.05) is 39.3 Å². The highest BCUT2D eigenvalue weighted by Gasteiger charge is 2.20. The molecule has 0 atom stereocenters. The highest BCUT2D eigenvalue weighted by atomic mass is 32.1. The summed E-state index contributed by atoms with van der Waals surface area (Å²) in [6, 6.07) is 6.14. The summed E-state index contributed by atoms with van der Waals surface area (Å²) in [6.07, 6.45) is 1.58. The molecule has 1 aliphatic rings. The van der Waals surface area contributed by atoms with Crippen LogP contribution in [0.25, 0.3) is 0 Å². The highest BCUT2D eigenvalue weighted by Crippen LogP contribution is 2.22. The molecular formula is C14H19N5OS. The van der Waals surface area contributed by atoms with Gasteiger partial charge in [0.1, 0.15) is 12.0 Å². The van der Waals surface area contributed by atoms with Gasteiger partial charge in [-0.25, -0.2) is 0 Å². The van der Waals surface area contributed by atoms with Crippen molar-refractivity contribution in [1.29, 1.82) is 0 Å². The molecule has 0 bridgehead atoms. The standard InChI is InChI=1S/C14H19N5OS/c1-15-14(16-11-12-4-9-20-17-12)19-7-5-18(6-8-19)13-3-2-10-21-13/h2-4,9-10H,5-8,11H2,1H3,(H,15,16). The molecule has 0 amide bonds. The van der Waals surface area contributed by atoms with E-state index in [9.17, 15) is 0 Å². The first-order chi connectivity index (χ1) is 10.4. The molecule has 2 aromatic rings. The van der Waals surface area contributed by atoms with E-state index in [0.717, 1.165) is 37.8 Å². The fraction of sp³-hybridized carbons (Fsp3) is 0.429. The molecule has 1 fully saturated rings. The zero-order valence-corrected chi connectivity index (χ0v) is 12.8. The number of guanidine groups is 1. The van der Waals surface area contributed by atoms with Crippen LogP contribution >= 0.6 is 11.3 Å². The van der Waals surface area contributed by atoms with Gasteiger partial charge < -0.3 is 19.6 Å². The minimum atomic E-state index is 0.633. The second kappa shape index (κ2) is 6.62. The van der Waals surface area contributed by atoms with Crippen molar-refractivity contribution in [2.75, 3.05) is 38.1 Å². The Bertz CT molecular complexity index is 558. The predicted molar refractivity (Wildman–Crippen MR) is 84.8 cm³/mol. The normalized spacial score (nSPS) is 16.3. The number of nitrogens with zero attached hydrogens (tertiary/aromatic N) is 4. The maximum Gasteiger partial charge on any atom is 0.194 e. The van der Waals surface area contributed by atoms with Crippen molar-refractivity contribution in [3.63, 3.8) is 0 Å². The van der Waals surface area contributed by atoms with Crippen LogP contribution in [-0.4, -0.2) is 49.2 Å². The van der Waals surface area contributed by atoms with Gasteiger partial charge in [-0.1, -0.05) is 5.16 Å². The van der Waals surface area contributed by atoms with Gasteiger partial charge in [-0.05, 0) is 17.5 Å². The van der Waals surface area contributed by atoms with Crippen LogP contribution in [0.2, 0.25) is 0 Å². The van der Waals surface area contributed by atoms with E-state index in [1.54, 1.807) is 17.6 Å². The van der Waals surface area contributed by atoms with Gasteiger partial charge in [0.25, 0.3) is 0 Å². The number of anilines is 1. The summed E-state index contributed by atoms with van der Waals surface area (Å²) in [5.74, 6) is 0.920. The van der Waals surface area contributed by atoms with Crippen molar-refractivity contribution in [2.24, 2.45) is 4.99 Å². The minimum Gasteiger partial charge on any atom is -0.364 e. The van der Waals surface area contributed by atoms with E-state index in [4.69, 9.17) is 4.52 Å². The van der Waals surface area contributed by atoms with Crippen LogP contribution in [0.15, 0.2) is 39.4 Å². The molecule has 0 radical (unpaired) electrons. The third-order valence-corrected chi connectivity index (χ3v) is 4.46. The maximum atomic E-state index is 4.83. The Morgan fingerprint density at radius 2 is 2.24 bits per heavy atom. The lowest BCUT2D eigenvalue weighted by atomic mass is 10.3. The Kier molecular flexibility index (Phi) is 4.40. The predicted octanol–water partition coefficient (Wildman–Crippen LogP) is 1.63. The van der Waals surface area contributed by atoms with E-state index < -0.39 is 0 Å². The first kappa shape index (κ1) is 13.9. The van der Waals surface area contributed by atoms with Crippen molar-refractivity contribution < 1.29 is 4.52 Å². The Morgan fingerprint density at radius 1 is 1.38 bits per heavy atom. The third kappa shape index (κ3) is 3.36. The fourth-order valence-corrected chi connectivity index (χ4v) is 3.20. The van der Waals surface area contributed by atoms with Gasteiger partial charge in [-0.3, -0.25) is 4.99 Å². The van der Waals surface area contributed by atoms with Crippen LogP contribution in [-0.2, 0) is 6.54 Å². The number of piperazine rings is 1. The molecule has 6 nitrogen and oxygen atoms in total. The molecule has 0 unspecified atom stereocenters. The number of rotatable bonds is 3. The van der Waals surface area contributed by atoms with Crippen molar-refractivity contribution in [3.8, 4) is 0 Å². The number of hydrogen-bond acceptors (Lipinski definition) is 5. The van der Waals surface area contributed by atoms with Crippen LogP contribution in [0.5, 0.6) is 0 Å². The smallest absolute Gasteiger partial charge is 0.194 e. The fourth-order valence-electron chi connectivity index (χ4n) is 2.42. The quantitative estimate of drug-likeness (QED) is 0.690. The number of aliphatic imine (C=N–C) groups is 1. The van der Waals surface area contributed by atoms with E-state index in [-0.39, 0.29) is 0 Å². The zero-order chi connectivity index (χ0) is 14.5. The molecular weight excluding hydrogens is 286 g/mol. The van der Waals surface area contributed by atoms with Crippen molar-refractivity contribution in [2.45, 2.75) is 6.54 Å². The Hall–Kier alpha value is -2.02. The summed E-state index contributed by atoms with van der Waals surface area (Å²) >= 11 is 1.80. The second-order valence-electron chi connectivity index (χ2n) is 4.82. The Balaban J connectivity index is 1.52. The average molecular weight is 305 g/mol. The monoisotopic (exact) mass is 305 g/mol. The van der Waals surface area contributed by atoms with E-state index in [1.807, 2.05) is 13.1 Å². The molecule has 1 saturated heterocycles. The van der Waals surface area contributed by atoms with Crippen LogP contribution in [0.4, 0.5) is 5.00 Å².